The summed E-state index contributed by atoms with van der Waals surface area (Å²) < 4.78 is 39.5. The molecule has 1 aromatic carbocycles. The molecule has 0 aliphatic heterocycles. The van der Waals surface area contributed by atoms with Crippen LogP contribution in [-0.4, -0.2) is 22.2 Å². The van der Waals surface area contributed by atoms with E-state index in [1.54, 1.807) is 30.9 Å². The summed E-state index contributed by atoms with van der Waals surface area (Å²) in [6, 6.07) is 10.3. The number of hydrogen-bond donors (Lipinski definition) is 0. The van der Waals surface area contributed by atoms with E-state index in [4.69, 9.17) is 0 Å². The van der Waals surface area contributed by atoms with Crippen molar-refractivity contribution in [1.29, 1.82) is 0 Å². The second kappa shape index (κ2) is 8.24. The van der Waals surface area contributed by atoms with Crippen LogP contribution in [0, 0.1) is 0 Å². The quantitative estimate of drug-likeness (QED) is 0.552. The van der Waals surface area contributed by atoms with E-state index in [1.807, 2.05) is 37.3 Å². The maximum Gasteiger partial charge on any atom is 0.433 e. The van der Waals surface area contributed by atoms with E-state index in [1.165, 1.54) is 7.05 Å². The summed E-state index contributed by atoms with van der Waals surface area (Å²) in [5.74, 6) is -0.162. The van der Waals surface area contributed by atoms with Crippen molar-refractivity contribution < 1.29 is 18.0 Å². The fourth-order valence-corrected chi connectivity index (χ4v) is 2.60. The maximum atomic E-state index is 12.9. The highest BCUT2D eigenvalue weighted by Crippen LogP contribution is 2.30. The van der Waals surface area contributed by atoms with Gasteiger partial charge in [-0.1, -0.05) is 30.4 Å². The van der Waals surface area contributed by atoms with E-state index in [0.717, 1.165) is 16.4 Å². The smallest absolute Gasteiger partial charge is 0.309 e. The number of allylic oxidation sites excluding steroid dienone is 3. The van der Waals surface area contributed by atoms with Gasteiger partial charge >= 0.3 is 6.18 Å². The Balaban J connectivity index is 2.23. The lowest BCUT2D eigenvalue weighted by molar-refractivity contribution is -0.143. The number of rotatable bonds is 5. The Bertz CT molecular complexity index is 864. The highest BCUT2D eigenvalue weighted by Gasteiger charge is 2.34. The van der Waals surface area contributed by atoms with E-state index < -0.39 is 11.9 Å². The van der Waals surface area contributed by atoms with Gasteiger partial charge in [0, 0.05) is 24.9 Å². The van der Waals surface area contributed by atoms with Gasteiger partial charge in [-0.25, -0.2) is 0 Å². The molecule has 0 saturated heterocycles. The Morgan fingerprint density at radius 3 is 2.33 bits per heavy atom. The van der Waals surface area contributed by atoms with Crippen molar-refractivity contribution in [2.45, 2.75) is 26.9 Å². The number of carbonyl (C=O) groups is 1. The van der Waals surface area contributed by atoms with Crippen LogP contribution >= 0.6 is 0 Å². The SMILES string of the molecule is CCN(C(=O)/C(C)=C/C=C(\C)c1cc(C(F)(F)F)n(C)n1)c1ccccc1. The van der Waals surface area contributed by atoms with Gasteiger partial charge in [-0.15, -0.1) is 0 Å². The lowest BCUT2D eigenvalue weighted by atomic mass is 10.1. The van der Waals surface area contributed by atoms with Crippen LogP contribution < -0.4 is 4.90 Å². The molecule has 0 spiro atoms. The molecule has 0 unspecified atom stereocenters. The van der Waals surface area contributed by atoms with Gasteiger partial charge in [0.1, 0.15) is 5.69 Å². The van der Waals surface area contributed by atoms with Crippen LogP contribution in [0.15, 0.2) is 54.1 Å². The summed E-state index contributed by atoms with van der Waals surface area (Å²) in [4.78, 5) is 14.3. The van der Waals surface area contributed by atoms with Crippen LogP contribution in [0.5, 0.6) is 0 Å². The second-order valence-corrected chi connectivity index (χ2v) is 6.12. The Labute approximate surface area is 156 Å². The number of carbonyl (C=O) groups excluding carboxylic acids is 1. The standard InChI is InChI=1S/C20H22F3N3O/c1-5-26(16-9-7-6-8-10-16)19(27)15(3)12-11-14(2)17-13-18(20(21,22)23)25(4)24-17/h6-13H,5H2,1-4H3/b14-11+,15-12+. The summed E-state index contributed by atoms with van der Waals surface area (Å²) in [6.07, 6.45) is -1.25. The monoisotopic (exact) mass is 377 g/mol. The van der Waals surface area contributed by atoms with Gasteiger partial charge < -0.3 is 4.90 Å². The minimum absolute atomic E-state index is 0.162. The van der Waals surface area contributed by atoms with E-state index in [9.17, 15) is 18.0 Å². The summed E-state index contributed by atoms with van der Waals surface area (Å²) in [5.41, 5.74) is 1.21. The molecule has 2 rings (SSSR count). The van der Waals surface area contributed by atoms with Crippen molar-refractivity contribution in [2.24, 2.45) is 7.05 Å². The number of amides is 1. The Kier molecular flexibility index (Phi) is 6.25. The van der Waals surface area contributed by atoms with E-state index in [2.05, 4.69) is 5.10 Å². The molecular weight excluding hydrogens is 355 g/mol. The van der Waals surface area contributed by atoms with Crippen molar-refractivity contribution in [1.82, 2.24) is 9.78 Å². The lowest BCUT2D eigenvalue weighted by Gasteiger charge is -2.21. The molecule has 0 aliphatic rings. The Morgan fingerprint density at radius 2 is 1.81 bits per heavy atom. The number of aryl methyl sites for hydroxylation is 1. The molecule has 144 valence electrons. The zero-order valence-corrected chi connectivity index (χ0v) is 15.7. The van der Waals surface area contributed by atoms with Crippen molar-refractivity contribution in [2.75, 3.05) is 11.4 Å². The number of para-hydroxylation sites is 1. The van der Waals surface area contributed by atoms with Crippen LogP contribution in [0.4, 0.5) is 18.9 Å². The molecular formula is C20H22F3N3O. The van der Waals surface area contributed by atoms with Crippen molar-refractivity contribution in [3.8, 4) is 0 Å². The zero-order chi connectivity index (χ0) is 20.2. The van der Waals surface area contributed by atoms with Gasteiger partial charge in [0.2, 0.25) is 0 Å². The molecule has 1 aromatic heterocycles. The molecule has 2 aromatic rings. The molecule has 0 bridgehead atoms. The van der Waals surface area contributed by atoms with Gasteiger partial charge in [-0.3, -0.25) is 9.48 Å². The first-order valence-electron chi connectivity index (χ1n) is 8.48. The largest absolute Gasteiger partial charge is 0.433 e. The van der Waals surface area contributed by atoms with Gasteiger partial charge in [0.05, 0.1) is 5.69 Å². The van der Waals surface area contributed by atoms with Crippen molar-refractivity contribution >= 4 is 17.2 Å². The fraction of sp³-hybridized carbons (Fsp3) is 0.300. The van der Waals surface area contributed by atoms with Crippen molar-refractivity contribution in [3.05, 3.63) is 65.5 Å². The van der Waals surface area contributed by atoms with Crippen LogP contribution in [0.3, 0.4) is 0 Å². The molecule has 0 atom stereocenters. The lowest BCUT2D eigenvalue weighted by Crippen LogP contribution is -2.31. The first kappa shape index (κ1) is 20.5. The topological polar surface area (TPSA) is 38.1 Å². The first-order chi connectivity index (χ1) is 12.6. The maximum absolute atomic E-state index is 12.9. The highest BCUT2D eigenvalue weighted by atomic mass is 19.4. The molecule has 0 fully saturated rings. The molecule has 0 saturated carbocycles. The molecule has 4 nitrogen and oxygen atoms in total. The molecule has 1 amide bonds. The Hall–Kier alpha value is -2.83. The number of alkyl halides is 3. The van der Waals surface area contributed by atoms with E-state index in [0.29, 0.717) is 17.7 Å². The molecule has 0 N–H and O–H groups in total. The van der Waals surface area contributed by atoms with Gasteiger partial charge in [0.15, 0.2) is 0 Å². The molecule has 27 heavy (non-hydrogen) atoms. The summed E-state index contributed by atoms with van der Waals surface area (Å²) >= 11 is 0. The molecule has 0 aliphatic carbocycles. The number of aromatic nitrogens is 2. The number of anilines is 1. The summed E-state index contributed by atoms with van der Waals surface area (Å²) in [6.45, 7) is 5.72. The average molecular weight is 377 g/mol. The number of benzene rings is 1. The molecule has 7 heteroatoms. The first-order valence-corrected chi connectivity index (χ1v) is 8.48. The Morgan fingerprint density at radius 1 is 1.19 bits per heavy atom. The third-order valence-electron chi connectivity index (χ3n) is 4.12. The minimum Gasteiger partial charge on any atom is -0.309 e. The average Bonchev–Trinajstić information content (AvgIpc) is 3.03. The van der Waals surface area contributed by atoms with Crippen LogP contribution in [-0.2, 0) is 18.0 Å². The second-order valence-electron chi connectivity index (χ2n) is 6.12. The third-order valence-corrected chi connectivity index (χ3v) is 4.12. The number of hydrogen-bond acceptors (Lipinski definition) is 2. The van der Waals surface area contributed by atoms with Crippen LogP contribution in [0.1, 0.15) is 32.2 Å². The highest BCUT2D eigenvalue weighted by molar-refractivity contribution is 6.05. The van der Waals surface area contributed by atoms with E-state index in [-0.39, 0.29) is 11.6 Å². The number of likely N-dealkylation sites (N-methyl/N-ethyl adjacent to an activating group) is 1. The fourth-order valence-electron chi connectivity index (χ4n) is 2.60. The van der Waals surface area contributed by atoms with E-state index >= 15 is 0 Å². The summed E-state index contributed by atoms with van der Waals surface area (Å²) in [5, 5.41) is 3.90. The predicted molar refractivity (Wildman–Crippen MR) is 100 cm³/mol. The minimum atomic E-state index is -4.46. The van der Waals surface area contributed by atoms with Crippen LogP contribution in [0.2, 0.25) is 0 Å². The number of nitrogens with zero attached hydrogens (tertiary/aromatic N) is 3. The van der Waals surface area contributed by atoms with Crippen molar-refractivity contribution in [3.63, 3.8) is 0 Å². The predicted octanol–water partition coefficient (Wildman–Crippen LogP) is 4.84. The van der Waals surface area contributed by atoms with Gasteiger partial charge in [0.25, 0.3) is 5.91 Å². The number of halogens is 3. The normalized spacial score (nSPS) is 13.0. The van der Waals surface area contributed by atoms with Gasteiger partial charge in [-0.05, 0) is 44.5 Å². The molecule has 0 radical (unpaired) electrons. The van der Waals surface area contributed by atoms with Crippen LogP contribution in [0.25, 0.3) is 5.57 Å². The zero-order valence-electron chi connectivity index (χ0n) is 15.7. The molecule has 1 heterocycles. The summed E-state index contributed by atoms with van der Waals surface area (Å²) in [7, 11) is 1.25. The van der Waals surface area contributed by atoms with Gasteiger partial charge in [-0.2, -0.15) is 18.3 Å². The third kappa shape index (κ3) is 4.87.